The van der Waals surface area contributed by atoms with E-state index >= 15 is 0 Å². The van der Waals surface area contributed by atoms with Crippen LogP contribution in [0, 0.1) is 0 Å². The number of halogens is 2. The van der Waals surface area contributed by atoms with E-state index in [1.807, 2.05) is 18.2 Å². The number of hydrogen-bond donors (Lipinski definition) is 1. The minimum Gasteiger partial charge on any atom is -0.497 e. The number of ether oxygens (including phenoxy) is 1. The number of hydrogen-bond acceptors (Lipinski definition) is 2. The number of methoxy groups -OCH3 is 1. The molecule has 1 aromatic carbocycles. The van der Waals surface area contributed by atoms with Gasteiger partial charge in [0, 0.05) is 10.6 Å². The fourth-order valence-electron chi connectivity index (χ4n) is 1.43. The van der Waals surface area contributed by atoms with Gasteiger partial charge in [-0.3, -0.25) is 0 Å². The molecule has 0 spiro atoms. The smallest absolute Gasteiger partial charge is 0.120 e. The average Bonchev–Trinajstić information content (AvgIpc) is 2.84. The van der Waals surface area contributed by atoms with Crippen LogP contribution in [0.15, 0.2) is 18.2 Å². The van der Waals surface area contributed by atoms with Gasteiger partial charge in [-0.1, -0.05) is 17.7 Å². The maximum absolute atomic E-state index is 6.07. The maximum atomic E-state index is 6.07. The summed E-state index contributed by atoms with van der Waals surface area (Å²) in [6, 6.07) is 5.66. The first kappa shape index (κ1) is 11.6. The van der Waals surface area contributed by atoms with E-state index in [0.717, 1.165) is 24.2 Å². The van der Waals surface area contributed by atoms with Gasteiger partial charge in [0.15, 0.2) is 0 Å². The molecule has 2 rings (SSSR count). The summed E-state index contributed by atoms with van der Waals surface area (Å²) >= 11 is 6.07. The van der Waals surface area contributed by atoms with Gasteiger partial charge in [0.25, 0.3) is 0 Å². The first-order chi connectivity index (χ1) is 6.15. The van der Waals surface area contributed by atoms with Crippen molar-refractivity contribution in [2.24, 2.45) is 5.73 Å². The van der Waals surface area contributed by atoms with Gasteiger partial charge in [-0.15, -0.1) is 12.4 Å². The fourth-order valence-corrected chi connectivity index (χ4v) is 1.79. The van der Waals surface area contributed by atoms with Gasteiger partial charge in [-0.05, 0) is 30.5 Å². The molecule has 78 valence electrons. The van der Waals surface area contributed by atoms with E-state index in [2.05, 4.69) is 0 Å². The summed E-state index contributed by atoms with van der Waals surface area (Å²) in [5.74, 6) is 0.776. The van der Waals surface area contributed by atoms with Crippen molar-refractivity contribution in [3.63, 3.8) is 0 Å². The van der Waals surface area contributed by atoms with Crippen LogP contribution in [-0.2, 0) is 5.54 Å². The van der Waals surface area contributed by atoms with Gasteiger partial charge in [0.2, 0.25) is 0 Å². The Bertz CT molecular complexity index is 337. The molecular formula is C10H13Cl2NO. The summed E-state index contributed by atoms with van der Waals surface area (Å²) in [6.45, 7) is 0. The van der Waals surface area contributed by atoms with E-state index in [0.29, 0.717) is 5.02 Å². The van der Waals surface area contributed by atoms with Crippen LogP contribution in [0.2, 0.25) is 5.02 Å². The lowest BCUT2D eigenvalue weighted by molar-refractivity contribution is 0.414. The normalized spacial score (nSPS) is 17.1. The van der Waals surface area contributed by atoms with Crippen LogP contribution in [0.25, 0.3) is 0 Å². The quantitative estimate of drug-likeness (QED) is 0.853. The van der Waals surface area contributed by atoms with Gasteiger partial charge in [0.05, 0.1) is 7.11 Å². The van der Waals surface area contributed by atoms with Crippen molar-refractivity contribution in [2.75, 3.05) is 7.11 Å². The zero-order valence-corrected chi connectivity index (χ0v) is 9.49. The van der Waals surface area contributed by atoms with Crippen molar-refractivity contribution in [1.82, 2.24) is 0 Å². The third-order valence-corrected chi connectivity index (χ3v) is 2.81. The molecule has 2 nitrogen and oxygen atoms in total. The van der Waals surface area contributed by atoms with Gasteiger partial charge < -0.3 is 10.5 Å². The summed E-state index contributed by atoms with van der Waals surface area (Å²) in [5, 5.41) is 0.708. The minimum absolute atomic E-state index is 0. The molecule has 1 fully saturated rings. The zero-order valence-electron chi connectivity index (χ0n) is 7.92. The average molecular weight is 234 g/mol. The molecule has 1 aliphatic rings. The highest BCUT2D eigenvalue weighted by atomic mass is 35.5. The lowest BCUT2D eigenvalue weighted by atomic mass is 10.1. The Morgan fingerprint density at radius 3 is 2.50 bits per heavy atom. The van der Waals surface area contributed by atoms with Gasteiger partial charge >= 0.3 is 0 Å². The van der Waals surface area contributed by atoms with E-state index in [-0.39, 0.29) is 17.9 Å². The molecule has 1 aromatic rings. The topological polar surface area (TPSA) is 35.2 Å². The van der Waals surface area contributed by atoms with Gasteiger partial charge in [0.1, 0.15) is 5.75 Å². The van der Waals surface area contributed by atoms with Crippen molar-refractivity contribution in [1.29, 1.82) is 0 Å². The Kier molecular flexibility index (Phi) is 3.30. The molecule has 14 heavy (non-hydrogen) atoms. The highest BCUT2D eigenvalue weighted by Crippen LogP contribution is 2.46. The third kappa shape index (κ3) is 1.97. The first-order valence-electron chi connectivity index (χ1n) is 4.29. The molecular weight excluding hydrogens is 221 g/mol. The van der Waals surface area contributed by atoms with Crippen LogP contribution in [0.5, 0.6) is 5.75 Å². The number of rotatable bonds is 2. The Morgan fingerprint density at radius 2 is 2.07 bits per heavy atom. The highest BCUT2D eigenvalue weighted by molar-refractivity contribution is 6.31. The van der Waals surface area contributed by atoms with Crippen molar-refractivity contribution in [3.05, 3.63) is 28.8 Å². The Hall–Kier alpha value is -0.440. The molecule has 0 aromatic heterocycles. The Morgan fingerprint density at radius 1 is 1.43 bits per heavy atom. The summed E-state index contributed by atoms with van der Waals surface area (Å²) in [6.07, 6.45) is 2.05. The van der Waals surface area contributed by atoms with E-state index < -0.39 is 0 Å². The summed E-state index contributed by atoms with van der Waals surface area (Å²) in [5.41, 5.74) is 6.91. The third-order valence-electron chi connectivity index (χ3n) is 2.50. The maximum Gasteiger partial charge on any atom is 0.120 e. The monoisotopic (exact) mass is 233 g/mol. The van der Waals surface area contributed by atoms with E-state index in [1.54, 1.807) is 7.11 Å². The predicted octanol–water partition coefficient (Wildman–Crippen LogP) is 2.72. The first-order valence-corrected chi connectivity index (χ1v) is 4.66. The molecule has 2 N–H and O–H groups in total. The standard InChI is InChI=1S/C10H12ClNO.ClH/c1-13-7-2-3-8(9(11)6-7)10(12)4-5-10;/h2-3,6H,4-5,12H2,1H3;1H. The SMILES string of the molecule is COc1ccc(C2(N)CC2)c(Cl)c1.Cl. The number of benzene rings is 1. The molecule has 0 unspecified atom stereocenters. The number of nitrogens with two attached hydrogens (primary N) is 1. The van der Waals surface area contributed by atoms with Crippen molar-refractivity contribution >= 4 is 24.0 Å². The van der Waals surface area contributed by atoms with Crippen LogP contribution >= 0.6 is 24.0 Å². The predicted molar refractivity (Wildman–Crippen MR) is 60.4 cm³/mol. The summed E-state index contributed by atoms with van der Waals surface area (Å²) in [4.78, 5) is 0. The zero-order chi connectivity index (χ0) is 9.47. The van der Waals surface area contributed by atoms with Crippen LogP contribution in [0.3, 0.4) is 0 Å². The summed E-state index contributed by atoms with van der Waals surface area (Å²) < 4.78 is 5.06. The van der Waals surface area contributed by atoms with Crippen molar-refractivity contribution in [3.8, 4) is 5.75 Å². The second-order valence-electron chi connectivity index (χ2n) is 3.50. The lowest BCUT2D eigenvalue weighted by Gasteiger charge is -2.11. The van der Waals surface area contributed by atoms with Gasteiger partial charge in [-0.25, -0.2) is 0 Å². The second kappa shape index (κ2) is 3.97. The molecule has 0 radical (unpaired) electrons. The molecule has 0 atom stereocenters. The van der Waals surface area contributed by atoms with E-state index in [4.69, 9.17) is 22.1 Å². The minimum atomic E-state index is -0.163. The molecule has 0 aliphatic heterocycles. The van der Waals surface area contributed by atoms with E-state index in [9.17, 15) is 0 Å². The highest BCUT2D eigenvalue weighted by Gasteiger charge is 2.41. The summed E-state index contributed by atoms with van der Waals surface area (Å²) in [7, 11) is 1.63. The van der Waals surface area contributed by atoms with Crippen LogP contribution in [0.4, 0.5) is 0 Å². The largest absolute Gasteiger partial charge is 0.497 e. The van der Waals surface area contributed by atoms with Crippen LogP contribution in [-0.4, -0.2) is 7.11 Å². The van der Waals surface area contributed by atoms with Crippen LogP contribution in [0.1, 0.15) is 18.4 Å². The second-order valence-corrected chi connectivity index (χ2v) is 3.91. The molecule has 1 aliphatic carbocycles. The van der Waals surface area contributed by atoms with E-state index in [1.165, 1.54) is 0 Å². The van der Waals surface area contributed by atoms with Crippen molar-refractivity contribution in [2.45, 2.75) is 18.4 Å². The Balaban J connectivity index is 0.000000980. The fraction of sp³-hybridized carbons (Fsp3) is 0.400. The molecule has 0 bridgehead atoms. The van der Waals surface area contributed by atoms with Gasteiger partial charge in [-0.2, -0.15) is 0 Å². The van der Waals surface area contributed by atoms with Crippen molar-refractivity contribution < 1.29 is 4.74 Å². The molecule has 4 heteroatoms. The molecule has 1 saturated carbocycles. The molecule has 0 saturated heterocycles. The van der Waals surface area contributed by atoms with Crippen LogP contribution < -0.4 is 10.5 Å². The Labute approximate surface area is 94.8 Å². The molecule has 0 amide bonds. The lowest BCUT2D eigenvalue weighted by Crippen LogP contribution is -2.18. The molecule has 0 heterocycles.